The van der Waals surface area contributed by atoms with Crippen molar-refractivity contribution in [3.63, 3.8) is 0 Å². The molecule has 1 N–H and O–H groups in total. The van der Waals surface area contributed by atoms with Crippen LogP contribution in [0.15, 0.2) is 42.7 Å². The van der Waals surface area contributed by atoms with Gasteiger partial charge in [-0.25, -0.2) is 0 Å². The van der Waals surface area contributed by atoms with Gasteiger partial charge in [0.1, 0.15) is 12.7 Å². The monoisotopic (exact) mass is 381 g/mol. The van der Waals surface area contributed by atoms with Crippen LogP contribution in [0.5, 0.6) is 11.5 Å². The van der Waals surface area contributed by atoms with Gasteiger partial charge >= 0.3 is 0 Å². The van der Waals surface area contributed by atoms with E-state index < -0.39 is 0 Å². The number of ether oxygens (including phenoxy) is 2. The molecule has 1 aromatic heterocycles. The van der Waals surface area contributed by atoms with Crippen LogP contribution in [0.3, 0.4) is 0 Å². The molecular weight excluding hydrogens is 354 g/mol. The number of aryl methyl sites for hydroxylation is 1. The Hall–Kier alpha value is -2.60. The summed E-state index contributed by atoms with van der Waals surface area (Å²) in [7, 11) is 0. The summed E-state index contributed by atoms with van der Waals surface area (Å²) in [5, 5.41) is 3.04. The normalized spacial score (nSPS) is 20.0. The lowest BCUT2D eigenvalue weighted by Gasteiger charge is -2.35. The second kappa shape index (κ2) is 8.61. The molecule has 1 amide bonds. The lowest BCUT2D eigenvalue weighted by Crippen LogP contribution is -2.45. The molecule has 0 spiro atoms. The average molecular weight is 381 g/mol. The molecule has 0 bridgehead atoms. The van der Waals surface area contributed by atoms with Gasteiger partial charge < -0.3 is 14.8 Å². The van der Waals surface area contributed by atoms with E-state index in [2.05, 4.69) is 22.1 Å². The number of hydrogen-bond donors (Lipinski definition) is 1. The van der Waals surface area contributed by atoms with Crippen LogP contribution in [-0.4, -0.2) is 54.7 Å². The fourth-order valence-corrected chi connectivity index (χ4v) is 3.81. The van der Waals surface area contributed by atoms with E-state index in [-0.39, 0.29) is 12.0 Å². The molecule has 0 saturated carbocycles. The van der Waals surface area contributed by atoms with Crippen molar-refractivity contribution in [2.24, 2.45) is 5.92 Å². The molecule has 0 radical (unpaired) electrons. The van der Waals surface area contributed by atoms with Gasteiger partial charge in [-0.2, -0.15) is 0 Å². The third-order valence-electron chi connectivity index (χ3n) is 5.46. The highest BCUT2D eigenvalue weighted by Crippen LogP contribution is 2.32. The van der Waals surface area contributed by atoms with Crippen LogP contribution in [0.25, 0.3) is 0 Å². The Morgan fingerprint density at radius 3 is 2.89 bits per heavy atom. The second-order valence-corrected chi connectivity index (χ2v) is 7.70. The minimum Gasteiger partial charge on any atom is -0.486 e. The third kappa shape index (κ3) is 4.62. The molecule has 1 atom stereocenters. The molecule has 1 saturated heterocycles. The summed E-state index contributed by atoms with van der Waals surface area (Å²) in [6, 6.07) is 9.63. The highest BCUT2D eigenvalue weighted by atomic mass is 16.6. The molecule has 3 heterocycles. The summed E-state index contributed by atoms with van der Waals surface area (Å²) >= 11 is 0. The van der Waals surface area contributed by atoms with Gasteiger partial charge in [0.25, 0.3) is 5.91 Å². The van der Waals surface area contributed by atoms with Crippen molar-refractivity contribution in [3.8, 4) is 11.5 Å². The summed E-state index contributed by atoms with van der Waals surface area (Å²) in [6.45, 7) is 6.30. The maximum atomic E-state index is 12.1. The maximum absolute atomic E-state index is 12.1. The zero-order chi connectivity index (χ0) is 19.3. The number of fused-ring (bicyclic) bond motifs is 1. The number of hydrogen-bond acceptors (Lipinski definition) is 5. The molecule has 0 aliphatic carbocycles. The third-order valence-corrected chi connectivity index (χ3v) is 5.46. The lowest BCUT2D eigenvalue weighted by atomic mass is 9.96. The number of nitrogens with zero attached hydrogens (tertiary/aromatic N) is 2. The van der Waals surface area contributed by atoms with E-state index in [1.54, 1.807) is 24.5 Å². The van der Waals surface area contributed by atoms with Gasteiger partial charge in [0.2, 0.25) is 0 Å². The Morgan fingerprint density at radius 2 is 2.11 bits per heavy atom. The van der Waals surface area contributed by atoms with E-state index in [0.717, 1.165) is 50.5 Å². The number of carbonyl (C=O) groups is 1. The SMILES string of the molecule is Cc1ccc2c(c1)OC(CN1CCC(CNC(=O)c3cccnc3)CC1)CO2. The zero-order valence-electron chi connectivity index (χ0n) is 16.3. The molecule has 2 aromatic rings. The number of amides is 1. The minimum atomic E-state index is -0.0442. The molecule has 148 valence electrons. The number of benzene rings is 1. The molecule has 1 unspecified atom stereocenters. The molecule has 2 aliphatic rings. The Morgan fingerprint density at radius 1 is 1.25 bits per heavy atom. The van der Waals surface area contributed by atoms with E-state index in [9.17, 15) is 4.79 Å². The predicted octanol–water partition coefficient (Wildman–Crippen LogP) is 2.67. The number of carbonyl (C=O) groups excluding carboxylic acids is 1. The zero-order valence-corrected chi connectivity index (χ0v) is 16.3. The molecule has 4 rings (SSSR count). The lowest BCUT2D eigenvalue weighted by molar-refractivity contribution is 0.0476. The average Bonchev–Trinajstić information content (AvgIpc) is 2.73. The van der Waals surface area contributed by atoms with E-state index in [1.807, 2.05) is 18.2 Å². The number of nitrogens with one attached hydrogen (secondary N) is 1. The van der Waals surface area contributed by atoms with Crippen LogP contribution in [0.2, 0.25) is 0 Å². The Balaban J connectivity index is 1.20. The van der Waals surface area contributed by atoms with E-state index in [4.69, 9.17) is 9.47 Å². The number of likely N-dealkylation sites (tertiary alicyclic amines) is 1. The van der Waals surface area contributed by atoms with E-state index in [0.29, 0.717) is 18.1 Å². The molecular formula is C22H27N3O3. The van der Waals surface area contributed by atoms with Gasteiger partial charge in [-0.15, -0.1) is 0 Å². The van der Waals surface area contributed by atoms with Crippen LogP contribution < -0.4 is 14.8 Å². The maximum Gasteiger partial charge on any atom is 0.252 e. The predicted molar refractivity (Wildman–Crippen MR) is 107 cm³/mol. The second-order valence-electron chi connectivity index (χ2n) is 7.70. The van der Waals surface area contributed by atoms with Gasteiger partial charge in [0, 0.05) is 25.5 Å². The number of piperidine rings is 1. The van der Waals surface area contributed by atoms with Crippen molar-refractivity contribution in [2.75, 3.05) is 32.8 Å². The fourth-order valence-electron chi connectivity index (χ4n) is 3.81. The van der Waals surface area contributed by atoms with Crippen molar-refractivity contribution < 1.29 is 14.3 Å². The van der Waals surface area contributed by atoms with Gasteiger partial charge in [0.05, 0.1) is 5.56 Å². The largest absolute Gasteiger partial charge is 0.486 e. The molecule has 28 heavy (non-hydrogen) atoms. The number of aromatic nitrogens is 1. The first-order valence-electron chi connectivity index (χ1n) is 9.98. The summed E-state index contributed by atoms with van der Waals surface area (Å²) < 4.78 is 12.0. The first kappa shape index (κ1) is 18.7. The fraction of sp³-hybridized carbons (Fsp3) is 0.455. The molecule has 2 aliphatic heterocycles. The smallest absolute Gasteiger partial charge is 0.252 e. The summed E-state index contributed by atoms with van der Waals surface area (Å²) in [4.78, 5) is 18.6. The summed E-state index contributed by atoms with van der Waals surface area (Å²) in [6.07, 6.45) is 5.50. The highest BCUT2D eigenvalue weighted by molar-refractivity contribution is 5.93. The molecule has 1 fully saturated rings. The molecule has 6 nitrogen and oxygen atoms in total. The topological polar surface area (TPSA) is 63.7 Å². The van der Waals surface area contributed by atoms with Gasteiger partial charge in [-0.3, -0.25) is 14.7 Å². The Kier molecular flexibility index (Phi) is 5.76. The van der Waals surface area contributed by atoms with Crippen LogP contribution in [-0.2, 0) is 0 Å². The van der Waals surface area contributed by atoms with Crippen molar-refractivity contribution in [2.45, 2.75) is 25.9 Å². The highest BCUT2D eigenvalue weighted by Gasteiger charge is 2.26. The van der Waals surface area contributed by atoms with Crippen LogP contribution in [0, 0.1) is 12.8 Å². The van der Waals surface area contributed by atoms with Gasteiger partial charge in [-0.05, 0) is 68.6 Å². The van der Waals surface area contributed by atoms with E-state index >= 15 is 0 Å². The van der Waals surface area contributed by atoms with Crippen molar-refractivity contribution in [3.05, 3.63) is 53.9 Å². The summed E-state index contributed by atoms with van der Waals surface area (Å²) in [5.74, 6) is 2.16. The van der Waals surface area contributed by atoms with Crippen LogP contribution >= 0.6 is 0 Å². The van der Waals surface area contributed by atoms with Crippen LogP contribution in [0.1, 0.15) is 28.8 Å². The minimum absolute atomic E-state index is 0.0442. The standard InChI is InChI=1S/C22H27N3O3/c1-16-4-5-20-21(11-16)28-19(15-27-20)14-25-9-6-17(7-10-25)12-24-22(26)18-3-2-8-23-13-18/h2-5,8,11,13,17,19H,6-7,9-10,12,14-15H2,1H3,(H,24,26). The summed E-state index contributed by atoms with van der Waals surface area (Å²) in [5.41, 5.74) is 1.79. The molecule has 1 aromatic carbocycles. The molecule has 6 heteroatoms. The Labute approximate surface area is 165 Å². The van der Waals surface area contributed by atoms with Crippen molar-refractivity contribution >= 4 is 5.91 Å². The number of rotatable bonds is 5. The van der Waals surface area contributed by atoms with Crippen molar-refractivity contribution in [1.29, 1.82) is 0 Å². The number of pyridine rings is 1. The van der Waals surface area contributed by atoms with Gasteiger partial charge in [-0.1, -0.05) is 6.07 Å². The van der Waals surface area contributed by atoms with Gasteiger partial charge in [0.15, 0.2) is 11.5 Å². The first-order chi connectivity index (χ1) is 13.7. The van der Waals surface area contributed by atoms with E-state index in [1.165, 1.54) is 5.56 Å². The van der Waals surface area contributed by atoms with Crippen LogP contribution in [0.4, 0.5) is 0 Å². The Bertz CT molecular complexity index is 804. The first-order valence-corrected chi connectivity index (χ1v) is 9.98. The quantitative estimate of drug-likeness (QED) is 0.863. The van der Waals surface area contributed by atoms with Crippen molar-refractivity contribution in [1.82, 2.24) is 15.2 Å².